The molecule has 0 aliphatic rings. The molecule has 0 saturated carbocycles. The Balaban J connectivity index is 1.87. The molecule has 1 unspecified atom stereocenters. The third-order valence-electron chi connectivity index (χ3n) is 5.30. The number of amides is 2. The molecule has 188 valence electrons. The van der Waals surface area contributed by atoms with Gasteiger partial charge < -0.3 is 20.1 Å². The molecular formula is C25H34N6O4. The zero-order valence-electron chi connectivity index (χ0n) is 20.6. The van der Waals surface area contributed by atoms with Crippen molar-refractivity contribution in [3.63, 3.8) is 0 Å². The number of rotatable bonds is 13. The lowest BCUT2D eigenvalue weighted by atomic mass is 10.0. The van der Waals surface area contributed by atoms with Gasteiger partial charge in [-0.05, 0) is 29.7 Å². The number of aliphatic imine (C=N–C) groups is 1. The topological polar surface area (TPSA) is 142 Å². The third kappa shape index (κ3) is 7.90. The van der Waals surface area contributed by atoms with E-state index in [0.717, 1.165) is 12.0 Å². The van der Waals surface area contributed by atoms with Gasteiger partial charge in [0, 0.05) is 26.4 Å². The molecule has 0 radical (unpaired) electrons. The van der Waals surface area contributed by atoms with Crippen LogP contribution in [0.1, 0.15) is 34.5 Å². The van der Waals surface area contributed by atoms with Crippen molar-refractivity contribution in [1.82, 2.24) is 15.6 Å². The molecule has 0 spiro atoms. The van der Waals surface area contributed by atoms with E-state index in [1.165, 1.54) is 24.8 Å². The number of nitrogens with one attached hydrogen (secondary N) is 3. The van der Waals surface area contributed by atoms with Gasteiger partial charge >= 0.3 is 0 Å². The van der Waals surface area contributed by atoms with E-state index in [9.17, 15) is 9.59 Å². The molecule has 2 rings (SSSR count). The number of para-hydroxylation sites is 1. The molecule has 2 aromatic rings. The van der Waals surface area contributed by atoms with Gasteiger partial charge in [-0.2, -0.15) is 0 Å². The first-order valence-corrected chi connectivity index (χ1v) is 11.2. The predicted molar refractivity (Wildman–Crippen MR) is 136 cm³/mol. The minimum atomic E-state index is -0.546. The van der Waals surface area contributed by atoms with E-state index >= 15 is 0 Å². The number of carbonyl (C=O) groups is 2. The largest absolute Gasteiger partial charge is 0.493 e. The Morgan fingerprint density at radius 1 is 1.17 bits per heavy atom. The number of nitrogens with two attached hydrogens (primary N) is 1. The maximum atomic E-state index is 12.6. The van der Waals surface area contributed by atoms with Crippen molar-refractivity contribution < 1.29 is 19.1 Å². The second kappa shape index (κ2) is 13.8. The van der Waals surface area contributed by atoms with Crippen LogP contribution in [0.5, 0.6) is 11.5 Å². The Bertz CT molecular complexity index is 1040. The van der Waals surface area contributed by atoms with Crippen LogP contribution in [-0.2, 0) is 11.2 Å². The van der Waals surface area contributed by atoms with E-state index in [-0.39, 0.29) is 31.3 Å². The van der Waals surface area contributed by atoms with Crippen molar-refractivity contribution in [3.8, 4) is 11.5 Å². The van der Waals surface area contributed by atoms with Gasteiger partial charge in [0.05, 0.1) is 32.4 Å². The molecule has 1 atom stereocenters. The standard InChI is InChI=1S/C25H34N6O4/c1-5-17-9-11-18(12-10-17)21(15-28-2)30-25(33)20(26)16-31(27)14-13-29-24(32)19-7-6-8-22(34-3)23(19)35-4/h6-12,15,21,26H,5,13-14,16,27H2,1-4H3,(H,29,32)(H,30,33). The van der Waals surface area contributed by atoms with Crippen LogP contribution >= 0.6 is 0 Å². The van der Waals surface area contributed by atoms with Crippen molar-refractivity contribution in [3.05, 3.63) is 59.2 Å². The SMILES string of the molecule is CCc1ccc(C(C=NC)NC(=O)C(=N)CN(N)CCNC(=O)c2cccc(OC)c2OC)cc1. The summed E-state index contributed by atoms with van der Waals surface area (Å²) in [7, 11) is 4.59. The van der Waals surface area contributed by atoms with Crippen LogP contribution in [0.2, 0.25) is 0 Å². The number of hydrazine groups is 1. The van der Waals surface area contributed by atoms with Gasteiger partial charge in [-0.25, -0.2) is 5.01 Å². The highest BCUT2D eigenvalue weighted by atomic mass is 16.5. The molecule has 10 nitrogen and oxygen atoms in total. The van der Waals surface area contributed by atoms with Crippen molar-refractivity contribution in [2.75, 3.05) is 40.9 Å². The summed E-state index contributed by atoms with van der Waals surface area (Å²) in [5, 5.41) is 15.0. The zero-order chi connectivity index (χ0) is 25.8. The number of aryl methyl sites for hydroxylation is 1. The van der Waals surface area contributed by atoms with Gasteiger partial charge in [0.2, 0.25) is 0 Å². The number of hydrogen-bond donors (Lipinski definition) is 4. The van der Waals surface area contributed by atoms with Crippen LogP contribution in [0.3, 0.4) is 0 Å². The van der Waals surface area contributed by atoms with Crippen LogP contribution in [0.25, 0.3) is 0 Å². The third-order valence-corrected chi connectivity index (χ3v) is 5.30. The van der Waals surface area contributed by atoms with Gasteiger partial charge in [-0.15, -0.1) is 0 Å². The molecule has 0 heterocycles. The van der Waals surface area contributed by atoms with Crippen LogP contribution in [0.15, 0.2) is 47.5 Å². The Kier molecular flexibility index (Phi) is 10.9. The molecule has 10 heteroatoms. The Labute approximate surface area is 206 Å². The first kappa shape index (κ1) is 27.5. The molecule has 5 N–H and O–H groups in total. The molecule has 2 amide bonds. The lowest BCUT2D eigenvalue weighted by Gasteiger charge is -2.19. The molecule has 0 aliphatic carbocycles. The summed E-state index contributed by atoms with van der Waals surface area (Å²) in [6.45, 7) is 2.42. The van der Waals surface area contributed by atoms with E-state index in [4.69, 9.17) is 20.7 Å². The lowest BCUT2D eigenvalue weighted by molar-refractivity contribution is -0.115. The van der Waals surface area contributed by atoms with E-state index in [1.807, 2.05) is 24.3 Å². The number of nitrogens with zero attached hydrogens (tertiary/aromatic N) is 2. The maximum absolute atomic E-state index is 12.6. The second-order valence-electron chi connectivity index (χ2n) is 7.70. The fourth-order valence-corrected chi connectivity index (χ4v) is 3.37. The van der Waals surface area contributed by atoms with Gasteiger partial charge in [-0.1, -0.05) is 37.3 Å². The summed E-state index contributed by atoms with van der Waals surface area (Å²) in [4.78, 5) is 29.2. The van der Waals surface area contributed by atoms with Crippen molar-refractivity contribution in [2.45, 2.75) is 19.4 Å². The molecule has 0 saturated heterocycles. The van der Waals surface area contributed by atoms with E-state index in [1.54, 1.807) is 31.5 Å². The van der Waals surface area contributed by atoms with Crippen molar-refractivity contribution in [1.29, 1.82) is 5.41 Å². The average Bonchev–Trinajstić information content (AvgIpc) is 2.87. The summed E-state index contributed by atoms with van der Waals surface area (Å²) in [5.74, 6) is 5.86. The summed E-state index contributed by atoms with van der Waals surface area (Å²) in [5.41, 5.74) is 2.19. The Morgan fingerprint density at radius 2 is 1.89 bits per heavy atom. The van der Waals surface area contributed by atoms with Gasteiger partial charge in [0.25, 0.3) is 11.8 Å². The number of benzene rings is 2. The molecule has 35 heavy (non-hydrogen) atoms. The predicted octanol–water partition coefficient (Wildman–Crippen LogP) is 1.75. The first-order valence-electron chi connectivity index (χ1n) is 11.2. The molecule has 0 fully saturated rings. The molecule has 0 aromatic heterocycles. The van der Waals surface area contributed by atoms with Gasteiger partial charge in [-0.3, -0.25) is 25.8 Å². The smallest absolute Gasteiger partial charge is 0.267 e. The van der Waals surface area contributed by atoms with Gasteiger partial charge in [0.15, 0.2) is 11.5 Å². The highest BCUT2D eigenvalue weighted by Gasteiger charge is 2.19. The van der Waals surface area contributed by atoms with E-state index in [2.05, 4.69) is 22.5 Å². The van der Waals surface area contributed by atoms with Crippen LogP contribution in [-0.4, -0.2) is 69.7 Å². The van der Waals surface area contributed by atoms with E-state index in [0.29, 0.717) is 17.1 Å². The zero-order valence-corrected chi connectivity index (χ0v) is 20.6. The van der Waals surface area contributed by atoms with Gasteiger partial charge in [0.1, 0.15) is 5.71 Å². The maximum Gasteiger partial charge on any atom is 0.267 e. The fourth-order valence-electron chi connectivity index (χ4n) is 3.37. The fraction of sp³-hybridized carbons (Fsp3) is 0.360. The molecule has 2 aromatic carbocycles. The summed E-state index contributed by atoms with van der Waals surface area (Å²) < 4.78 is 10.5. The second-order valence-corrected chi connectivity index (χ2v) is 7.70. The highest BCUT2D eigenvalue weighted by molar-refractivity contribution is 6.38. The number of hydrogen-bond acceptors (Lipinski definition) is 8. The Morgan fingerprint density at radius 3 is 2.49 bits per heavy atom. The lowest BCUT2D eigenvalue weighted by Crippen LogP contribution is -2.46. The van der Waals surface area contributed by atoms with Crippen molar-refractivity contribution in [2.24, 2.45) is 10.8 Å². The monoisotopic (exact) mass is 482 g/mol. The quantitative estimate of drug-likeness (QED) is 0.195. The highest BCUT2D eigenvalue weighted by Crippen LogP contribution is 2.30. The molecule has 0 aliphatic heterocycles. The van der Waals surface area contributed by atoms with E-state index < -0.39 is 11.9 Å². The summed E-state index contributed by atoms with van der Waals surface area (Å²) >= 11 is 0. The minimum Gasteiger partial charge on any atom is -0.493 e. The summed E-state index contributed by atoms with van der Waals surface area (Å²) in [6.07, 6.45) is 2.54. The minimum absolute atomic E-state index is 0.0883. The molecular weight excluding hydrogens is 448 g/mol. The molecule has 0 bridgehead atoms. The average molecular weight is 483 g/mol. The number of methoxy groups -OCH3 is 2. The first-order chi connectivity index (χ1) is 16.8. The Hall–Kier alpha value is -3.76. The number of carbonyl (C=O) groups excluding carboxylic acids is 2. The normalized spacial score (nSPS) is 11.8. The summed E-state index contributed by atoms with van der Waals surface area (Å²) in [6, 6.07) is 12.4. The van der Waals surface area contributed by atoms with Crippen LogP contribution < -0.4 is 25.9 Å². The number of ether oxygens (including phenoxy) is 2. The van der Waals surface area contributed by atoms with Crippen molar-refractivity contribution >= 4 is 23.7 Å². The van der Waals surface area contributed by atoms with Crippen LogP contribution in [0.4, 0.5) is 0 Å². The van der Waals surface area contributed by atoms with Crippen LogP contribution in [0, 0.1) is 5.41 Å².